The average molecular weight is 444 g/mol. The normalized spacial score (nSPS) is 16.2. The van der Waals surface area contributed by atoms with Crippen molar-refractivity contribution in [1.29, 1.82) is 0 Å². The molecule has 1 aliphatic rings. The van der Waals surface area contributed by atoms with Gasteiger partial charge < -0.3 is 10.2 Å². The summed E-state index contributed by atoms with van der Waals surface area (Å²) in [6.07, 6.45) is 3.27. The first-order valence-electron chi connectivity index (χ1n) is 10.6. The van der Waals surface area contributed by atoms with E-state index < -0.39 is 16.1 Å². The van der Waals surface area contributed by atoms with Crippen LogP contribution in [0.1, 0.15) is 48.5 Å². The number of amides is 2. The first-order chi connectivity index (χ1) is 14.8. The Hall–Kier alpha value is -2.87. The Bertz CT molecular complexity index is 1040. The number of hydrogen-bond donors (Lipinski definition) is 2. The van der Waals surface area contributed by atoms with Crippen molar-refractivity contribution in [2.24, 2.45) is 0 Å². The zero-order valence-corrected chi connectivity index (χ0v) is 18.7. The predicted octanol–water partition coefficient (Wildman–Crippen LogP) is 3.32. The second kappa shape index (κ2) is 9.96. The summed E-state index contributed by atoms with van der Waals surface area (Å²) in [6, 6.07) is 12.4. The molecule has 1 unspecified atom stereocenters. The highest BCUT2D eigenvalue weighted by Crippen LogP contribution is 2.23. The van der Waals surface area contributed by atoms with Gasteiger partial charge in [0.2, 0.25) is 5.91 Å². The van der Waals surface area contributed by atoms with E-state index in [1.54, 1.807) is 47.4 Å². The fraction of sp³-hybridized carbons (Fsp3) is 0.391. The average Bonchev–Trinajstić information content (AvgIpc) is 3.23. The molecule has 7 nitrogen and oxygen atoms in total. The Morgan fingerprint density at radius 1 is 1.13 bits per heavy atom. The Morgan fingerprint density at radius 2 is 1.87 bits per heavy atom. The summed E-state index contributed by atoms with van der Waals surface area (Å²) in [5.41, 5.74) is 1.61. The van der Waals surface area contributed by atoms with Crippen LogP contribution in [0.3, 0.4) is 0 Å². The molecule has 1 atom stereocenters. The molecule has 0 aromatic heterocycles. The van der Waals surface area contributed by atoms with Gasteiger partial charge in [-0.05, 0) is 56.5 Å². The molecule has 0 radical (unpaired) electrons. The minimum absolute atomic E-state index is 0.129. The van der Waals surface area contributed by atoms with Crippen molar-refractivity contribution in [1.82, 2.24) is 10.2 Å². The number of carbonyl (C=O) groups excluding carboxylic acids is 2. The lowest BCUT2D eigenvalue weighted by Crippen LogP contribution is -2.46. The molecule has 0 saturated carbocycles. The number of likely N-dealkylation sites (tertiary alicyclic amines) is 1. The first-order valence-corrected chi connectivity index (χ1v) is 12.1. The van der Waals surface area contributed by atoms with Crippen molar-refractivity contribution < 1.29 is 18.0 Å². The third kappa shape index (κ3) is 5.64. The van der Waals surface area contributed by atoms with Crippen LogP contribution >= 0.6 is 0 Å². The molecule has 2 aromatic rings. The number of benzene rings is 2. The fourth-order valence-corrected chi connectivity index (χ4v) is 4.65. The van der Waals surface area contributed by atoms with Crippen molar-refractivity contribution in [3.8, 4) is 0 Å². The molecule has 0 spiro atoms. The van der Waals surface area contributed by atoms with Crippen molar-refractivity contribution >= 4 is 27.5 Å². The molecule has 3 rings (SSSR count). The summed E-state index contributed by atoms with van der Waals surface area (Å²) in [6.45, 7) is 5.04. The molecule has 31 heavy (non-hydrogen) atoms. The van der Waals surface area contributed by atoms with E-state index in [4.69, 9.17) is 0 Å². The van der Waals surface area contributed by atoms with E-state index in [0.29, 0.717) is 30.8 Å². The van der Waals surface area contributed by atoms with Crippen LogP contribution in [0.4, 0.5) is 5.69 Å². The van der Waals surface area contributed by atoms with E-state index >= 15 is 0 Å². The molecular formula is C23H29N3O4S. The Labute approximate surface area is 183 Å². The molecule has 2 amide bonds. The number of carbonyl (C=O) groups is 2. The van der Waals surface area contributed by atoms with Crippen LogP contribution in [0.25, 0.3) is 0 Å². The number of nitrogens with zero attached hydrogens (tertiary/aromatic N) is 1. The third-order valence-corrected chi connectivity index (χ3v) is 6.74. The Balaban J connectivity index is 1.73. The Morgan fingerprint density at radius 3 is 2.58 bits per heavy atom. The highest BCUT2D eigenvalue weighted by Gasteiger charge is 2.34. The zero-order valence-electron chi connectivity index (χ0n) is 17.9. The third-order valence-electron chi connectivity index (χ3n) is 5.34. The molecule has 0 aliphatic carbocycles. The number of sulfonamides is 1. The summed E-state index contributed by atoms with van der Waals surface area (Å²) in [4.78, 5) is 27.3. The minimum Gasteiger partial charge on any atom is -0.354 e. The monoisotopic (exact) mass is 443 g/mol. The molecule has 0 bridgehead atoms. The van der Waals surface area contributed by atoms with Crippen molar-refractivity contribution in [2.75, 3.05) is 17.8 Å². The minimum atomic E-state index is -3.77. The van der Waals surface area contributed by atoms with Crippen LogP contribution in [-0.4, -0.2) is 44.3 Å². The standard InChI is InChI=1S/C23H29N3O4S/c1-3-4-14-24-22(27)21-9-6-15-26(21)23(28)18-7-5-8-19(16-18)25-31(29,30)20-12-10-17(2)11-13-20/h5,7-8,10-13,16,21,25H,3-4,6,9,14-15H2,1-2H3,(H,24,27). The smallest absolute Gasteiger partial charge is 0.261 e. The second-order valence-electron chi connectivity index (χ2n) is 7.80. The van der Waals surface area contributed by atoms with Crippen molar-refractivity contribution in [3.63, 3.8) is 0 Å². The van der Waals surface area contributed by atoms with Gasteiger partial charge in [0.25, 0.3) is 15.9 Å². The van der Waals surface area contributed by atoms with E-state index in [1.165, 1.54) is 6.07 Å². The van der Waals surface area contributed by atoms with Crippen LogP contribution in [0.15, 0.2) is 53.4 Å². The van der Waals surface area contributed by atoms with E-state index in [9.17, 15) is 18.0 Å². The predicted molar refractivity (Wildman–Crippen MR) is 120 cm³/mol. The van der Waals surface area contributed by atoms with Crippen molar-refractivity contribution in [3.05, 3.63) is 59.7 Å². The van der Waals surface area contributed by atoms with Crippen LogP contribution < -0.4 is 10.0 Å². The van der Waals surface area contributed by atoms with Crippen LogP contribution in [0.2, 0.25) is 0 Å². The van der Waals surface area contributed by atoms with Crippen LogP contribution in [0.5, 0.6) is 0 Å². The molecule has 2 N–H and O–H groups in total. The van der Waals surface area contributed by atoms with Gasteiger partial charge >= 0.3 is 0 Å². The molecule has 1 fully saturated rings. The van der Waals surface area contributed by atoms with Gasteiger partial charge in [0.15, 0.2) is 0 Å². The first kappa shape index (κ1) is 22.8. The quantitative estimate of drug-likeness (QED) is 0.612. The number of unbranched alkanes of at least 4 members (excludes halogenated alkanes) is 1. The van der Waals surface area contributed by atoms with Gasteiger partial charge in [-0.15, -0.1) is 0 Å². The van der Waals surface area contributed by atoms with E-state index in [1.807, 2.05) is 6.92 Å². The maximum absolute atomic E-state index is 13.1. The van der Waals surface area contributed by atoms with Gasteiger partial charge in [0, 0.05) is 24.3 Å². The van der Waals surface area contributed by atoms with E-state index in [2.05, 4.69) is 17.0 Å². The molecular weight excluding hydrogens is 414 g/mol. The van der Waals surface area contributed by atoms with Gasteiger partial charge in [-0.3, -0.25) is 14.3 Å². The summed E-state index contributed by atoms with van der Waals surface area (Å²) >= 11 is 0. The van der Waals surface area contributed by atoms with E-state index in [-0.39, 0.29) is 16.7 Å². The van der Waals surface area contributed by atoms with Gasteiger partial charge in [0.05, 0.1) is 4.90 Å². The zero-order chi connectivity index (χ0) is 22.4. The number of nitrogens with one attached hydrogen (secondary N) is 2. The summed E-state index contributed by atoms with van der Waals surface area (Å²) in [7, 11) is -3.77. The topological polar surface area (TPSA) is 95.6 Å². The number of aryl methyl sites for hydroxylation is 1. The van der Waals surface area contributed by atoms with Gasteiger partial charge in [0.1, 0.15) is 6.04 Å². The molecule has 1 saturated heterocycles. The maximum atomic E-state index is 13.1. The number of rotatable bonds is 8. The van der Waals surface area contributed by atoms with Crippen LogP contribution in [0, 0.1) is 6.92 Å². The van der Waals surface area contributed by atoms with Gasteiger partial charge in [-0.1, -0.05) is 37.1 Å². The molecule has 8 heteroatoms. The fourth-order valence-electron chi connectivity index (χ4n) is 3.60. The highest BCUT2D eigenvalue weighted by atomic mass is 32.2. The molecule has 166 valence electrons. The van der Waals surface area contributed by atoms with E-state index in [0.717, 1.165) is 24.8 Å². The molecule has 1 heterocycles. The summed E-state index contributed by atoms with van der Waals surface area (Å²) in [5, 5.41) is 2.90. The molecule has 1 aliphatic heterocycles. The van der Waals surface area contributed by atoms with Crippen LogP contribution in [-0.2, 0) is 14.8 Å². The van der Waals surface area contributed by atoms with Gasteiger partial charge in [-0.25, -0.2) is 8.42 Å². The number of anilines is 1. The maximum Gasteiger partial charge on any atom is 0.261 e. The highest BCUT2D eigenvalue weighted by molar-refractivity contribution is 7.92. The van der Waals surface area contributed by atoms with Crippen molar-refractivity contribution in [2.45, 2.75) is 50.5 Å². The number of hydrogen-bond acceptors (Lipinski definition) is 4. The summed E-state index contributed by atoms with van der Waals surface area (Å²) in [5.74, 6) is -0.403. The SMILES string of the molecule is CCCCNC(=O)C1CCCN1C(=O)c1cccc(NS(=O)(=O)c2ccc(C)cc2)c1. The molecule has 2 aromatic carbocycles. The summed E-state index contributed by atoms with van der Waals surface area (Å²) < 4.78 is 27.8. The lowest BCUT2D eigenvalue weighted by atomic mass is 10.1. The lowest BCUT2D eigenvalue weighted by Gasteiger charge is -2.24. The lowest BCUT2D eigenvalue weighted by molar-refractivity contribution is -0.124. The second-order valence-corrected chi connectivity index (χ2v) is 9.48. The van der Waals surface area contributed by atoms with Gasteiger partial charge in [-0.2, -0.15) is 0 Å². The largest absolute Gasteiger partial charge is 0.354 e. The Kier molecular flexibility index (Phi) is 7.33.